The Morgan fingerprint density at radius 3 is 2.68 bits per heavy atom. The van der Waals surface area contributed by atoms with Crippen LogP contribution in [-0.2, 0) is 12.8 Å². The predicted octanol–water partition coefficient (Wildman–Crippen LogP) is 2.29. The summed E-state index contributed by atoms with van der Waals surface area (Å²) in [6.07, 6.45) is 4.55. The molecular formula is C17H17N3O2. The fourth-order valence-electron chi connectivity index (χ4n) is 2.42. The number of benzene rings is 1. The van der Waals surface area contributed by atoms with Crippen molar-refractivity contribution in [2.75, 3.05) is 7.11 Å². The van der Waals surface area contributed by atoms with Gasteiger partial charge in [0.05, 0.1) is 7.11 Å². The molecule has 0 atom stereocenters. The SMILES string of the molecule is COc1ccccc1Cc1ccc(Cc2ncc[nH]2)c(=O)[nH]1. The minimum Gasteiger partial charge on any atom is -0.496 e. The van der Waals surface area contributed by atoms with Gasteiger partial charge in [0.15, 0.2) is 0 Å². The molecule has 0 aliphatic heterocycles. The zero-order chi connectivity index (χ0) is 15.4. The summed E-state index contributed by atoms with van der Waals surface area (Å²) < 4.78 is 5.34. The highest BCUT2D eigenvalue weighted by atomic mass is 16.5. The topological polar surface area (TPSA) is 70.8 Å². The maximum absolute atomic E-state index is 12.2. The molecule has 0 aliphatic carbocycles. The second kappa shape index (κ2) is 6.30. The van der Waals surface area contributed by atoms with Crippen LogP contribution in [0.4, 0.5) is 0 Å². The van der Waals surface area contributed by atoms with Crippen molar-refractivity contribution in [3.8, 4) is 5.75 Å². The molecule has 0 bridgehead atoms. The number of imidazole rings is 1. The number of pyridine rings is 1. The van der Waals surface area contributed by atoms with Crippen LogP contribution in [0.2, 0.25) is 0 Å². The number of para-hydroxylation sites is 1. The fraction of sp³-hybridized carbons (Fsp3) is 0.176. The van der Waals surface area contributed by atoms with E-state index in [2.05, 4.69) is 15.0 Å². The molecule has 5 nitrogen and oxygen atoms in total. The summed E-state index contributed by atoms with van der Waals surface area (Å²) in [5, 5.41) is 0. The summed E-state index contributed by atoms with van der Waals surface area (Å²) in [4.78, 5) is 22.3. The number of rotatable bonds is 5. The quantitative estimate of drug-likeness (QED) is 0.758. The van der Waals surface area contributed by atoms with E-state index in [-0.39, 0.29) is 5.56 Å². The van der Waals surface area contributed by atoms with Crippen LogP contribution in [0, 0.1) is 0 Å². The van der Waals surface area contributed by atoms with Crippen molar-refractivity contribution in [2.45, 2.75) is 12.8 Å². The lowest BCUT2D eigenvalue weighted by Crippen LogP contribution is -2.15. The van der Waals surface area contributed by atoms with Crippen LogP contribution in [0.15, 0.2) is 53.6 Å². The number of hydrogen-bond acceptors (Lipinski definition) is 3. The lowest BCUT2D eigenvalue weighted by molar-refractivity contribution is 0.410. The van der Waals surface area contributed by atoms with Crippen molar-refractivity contribution in [2.24, 2.45) is 0 Å². The summed E-state index contributed by atoms with van der Waals surface area (Å²) in [6.45, 7) is 0. The Balaban J connectivity index is 1.81. The first-order chi connectivity index (χ1) is 10.8. The van der Waals surface area contributed by atoms with Gasteiger partial charge in [0.1, 0.15) is 11.6 Å². The second-order valence-corrected chi connectivity index (χ2v) is 5.04. The first-order valence-electron chi connectivity index (χ1n) is 7.07. The van der Waals surface area contributed by atoms with Crippen LogP contribution in [-0.4, -0.2) is 22.1 Å². The highest BCUT2D eigenvalue weighted by Gasteiger charge is 2.07. The molecule has 5 heteroatoms. The van der Waals surface area contributed by atoms with Gasteiger partial charge in [-0.05, 0) is 17.7 Å². The van der Waals surface area contributed by atoms with Gasteiger partial charge < -0.3 is 14.7 Å². The lowest BCUT2D eigenvalue weighted by atomic mass is 10.1. The Bertz CT molecular complexity index is 807. The molecule has 0 amide bonds. The zero-order valence-corrected chi connectivity index (χ0v) is 12.3. The Labute approximate surface area is 128 Å². The van der Waals surface area contributed by atoms with Crippen molar-refractivity contribution in [1.29, 1.82) is 0 Å². The van der Waals surface area contributed by atoms with E-state index in [1.54, 1.807) is 19.5 Å². The molecule has 22 heavy (non-hydrogen) atoms. The zero-order valence-electron chi connectivity index (χ0n) is 12.3. The van der Waals surface area contributed by atoms with E-state index in [1.165, 1.54) is 0 Å². The van der Waals surface area contributed by atoms with Gasteiger partial charge in [-0.3, -0.25) is 4.79 Å². The van der Waals surface area contributed by atoms with Gasteiger partial charge in [-0.2, -0.15) is 0 Å². The highest BCUT2D eigenvalue weighted by Crippen LogP contribution is 2.19. The largest absolute Gasteiger partial charge is 0.496 e. The third kappa shape index (κ3) is 3.09. The number of aromatic amines is 2. The van der Waals surface area contributed by atoms with Gasteiger partial charge in [0, 0.05) is 36.5 Å². The minimum absolute atomic E-state index is 0.0798. The molecule has 2 aromatic heterocycles. The van der Waals surface area contributed by atoms with Gasteiger partial charge >= 0.3 is 0 Å². The monoisotopic (exact) mass is 295 g/mol. The third-order valence-electron chi connectivity index (χ3n) is 3.54. The number of methoxy groups -OCH3 is 1. The molecule has 0 aliphatic rings. The van der Waals surface area contributed by atoms with Crippen molar-refractivity contribution in [1.82, 2.24) is 15.0 Å². The van der Waals surface area contributed by atoms with Gasteiger partial charge in [0.2, 0.25) is 0 Å². The third-order valence-corrected chi connectivity index (χ3v) is 3.54. The van der Waals surface area contributed by atoms with E-state index in [0.29, 0.717) is 18.4 Å². The van der Waals surface area contributed by atoms with Gasteiger partial charge in [-0.15, -0.1) is 0 Å². The smallest absolute Gasteiger partial charge is 0.251 e. The van der Waals surface area contributed by atoms with E-state index < -0.39 is 0 Å². The number of H-pyrrole nitrogens is 2. The summed E-state index contributed by atoms with van der Waals surface area (Å²) in [7, 11) is 1.65. The molecule has 3 aromatic rings. The van der Waals surface area contributed by atoms with Crippen LogP contribution < -0.4 is 10.3 Å². The second-order valence-electron chi connectivity index (χ2n) is 5.04. The number of aromatic nitrogens is 3. The van der Waals surface area contributed by atoms with E-state index in [1.807, 2.05) is 36.4 Å². The number of nitrogens with one attached hydrogen (secondary N) is 2. The van der Waals surface area contributed by atoms with Crippen LogP contribution in [0.3, 0.4) is 0 Å². The minimum atomic E-state index is -0.0798. The average molecular weight is 295 g/mol. The predicted molar refractivity (Wildman–Crippen MR) is 84.3 cm³/mol. The maximum atomic E-state index is 12.2. The van der Waals surface area contributed by atoms with Crippen molar-refractivity contribution in [3.05, 3.63) is 81.8 Å². The fourth-order valence-corrected chi connectivity index (χ4v) is 2.42. The Morgan fingerprint density at radius 2 is 1.95 bits per heavy atom. The summed E-state index contributed by atoms with van der Waals surface area (Å²) in [5.74, 6) is 1.60. The van der Waals surface area contributed by atoms with Crippen LogP contribution >= 0.6 is 0 Å². The maximum Gasteiger partial charge on any atom is 0.251 e. The molecule has 0 saturated heterocycles. The summed E-state index contributed by atoms with van der Waals surface area (Å²) in [6, 6.07) is 11.6. The van der Waals surface area contributed by atoms with E-state index in [9.17, 15) is 4.79 Å². The summed E-state index contributed by atoms with van der Waals surface area (Å²) >= 11 is 0. The first-order valence-corrected chi connectivity index (χ1v) is 7.07. The average Bonchev–Trinajstić information content (AvgIpc) is 3.04. The molecular weight excluding hydrogens is 278 g/mol. The lowest BCUT2D eigenvalue weighted by Gasteiger charge is -2.08. The molecule has 112 valence electrons. The first kappa shape index (κ1) is 14.1. The number of ether oxygens (including phenoxy) is 1. The van der Waals surface area contributed by atoms with E-state index in [4.69, 9.17) is 4.74 Å². The molecule has 0 spiro atoms. The van der Waals surface area contributed by atoms with Crippen molar-refractivity contribution in [3.63, 3.8) is 0 Å². The molecule has 2 heterocycles. The molecule has 0 radical (unpaired) electrons. The molecule has 0 fully saturated rings. The number of nitrogens with zero attached hydrogens (tertiary/aromatic N) is 1. The highest BCUT2D eigenvalue weighted by molar-refractivity contribution is 5.36. The Kier molecular flexibility index (Phi) is 4.05. The van der Waals surface area contributed by atoms with Crippen molar-refractivity contribution >= 4 is 0 Å². The summed E-state index contributed by atoms with van der Waals surface area (Å²) in [5.41, 5.74) is 2.51. The number of hydrogen-bond donors (Lipinski definition) is 2. The molecule has 2 N–H and O–H groups in total. The molecule has 0 unspecified atom stereocenters. The van der Waals surface area contributed by atoms with Gasteiger partial charge in [-0.1, -0.05) is 24.3 Å². The molecule has 0 saturated carbocycles. The van der Waals surface area contributed by atoms with Crippen LogP contribution in [0.5, 0.6) is 5.75 Å². The van der Waals surface area contributed by atoms with Gasteiger partial charge in [0.25, 0.3) is 5.56 Å². The van der Waals surface area contributed by atoms with Gasteiger partial charge in [-0.25, -0.2) is 4.98 Å². The Hall–Kier alpha value is -2.82. The van der Waals surface area contributed by atoms with E-state index >= 15 is 0 Å². The molecule has 3 rings (SSSR count). The van der Waals surface area contributed by atoms with Crippen molar-refractivity contribution < 1.29 is 4.74 Å². The normalized spacial score (nSPS) is 10.6. The van der Waals surface area contributed by atoms with E-state index in [0.717, 1.165) is 22.8 Å². The Morgan fingerprint density at radius 1 is 1.09 bits per heavy atom. The molecule has 1 aromatic carbocycles. The standard InChI is InChI=1S/C17H17N3O2/c1-22-15-5-3-2-4-12(15)10-14-7-6-13(17(21)20-14)11-16-18-8-9-19-16/h2-9H,10-11H2,1H3,(H,18,19)(H,20,21). The van der Waals surface area contributed by atoms with Crippen LogP contribution in [0.25, 0.3) is 0 Å². The van der Waals surface area contributed by atoms with Crippen LogP contribution in [0.1, 0.15) is 22.6 Å².